The van der Waals surface area contributed by atoms with E-state index in [2.05, 4.69) is 10.0 Å². The molecule has 6 nitrogen and oxygen atoms in total. The quantitative estimate of drug-likeness (QED) is 0.403. The Balaban J connectivity index is 1.66. The van der Waals surface area contributed by atoms with E-state index in [0.717, 1.165) is 10.5 Å². The van der Waals surface area contributed by atoms with Crippen LogP contribution >= 0.6 is 23.4 Å². The molecule has 0 bridgehead atoms. The average Bonchev–Trinajstić information content (AvgIpc) is 2.75. The molecule has 3 rings (SSSR count). The summed E-state index contributed by atoms with van der Waals surface area (Å²) >= 11 is 7.29. The lowest BCUT2D eigenvalue weighted by Gasteiger charge is -2.14. The minimum Gasteiger partial charge on any atom is -0.495 e. The number of aryl methyl sites for hydroxylation is 1. The van der Waals surface area contributed by atoms with Gasteiger partial charge in [-0.25, -0.2) is 8.42 Å². The molecule has 1 atom stereocenters. The minimum atomic E-state index is -3.83. The van der Waals surface area contributed by atoms with E-state index in [1.54, 1.807) is 43.3 Å². The smallest absolute Gasteiger partial charge is 0.262 e. The van der Waals surface area contributed by atoms with Gasteiger partial charge in [0.2, 0.25) is 5.91 Å². The maximum atomic E-state index is 12.8. The molecule has 0 saturated carbocycles. The van der Waals surface area contributed by atoms with Crippen LogP contribution in [0.25, 0.3) is 0 Å². The molecule has 0 aromatic heterocycles. The summed E-state index contributed by atoms with van der Waals surface area (Å²) in [5.41, 5.74) is 1.76. The van der Waals surface area contributed by atoms with E-state index in [0.29, 0.717) is 22.1 Å². The SMILES string of the molecule is COc1ccc(C)cc1NS(=O)(=O)c1ccc(NC(=O)[C@H](C)Sc2ccc(Cl)cc2)cc1. The number of methoxy groups -OCH3 is 1. The van der Waals surface area contributed by atoms with E-state index >= 15 is 0 Å². The fourth-order valence-corrected chi connectivity index (χ4v) is 4.89. The summed E-state index contributed by atoms with van der Waals surface area (Å²) < 4.78 is 33.4. The van der Waals surface area contributed by atoms with Gasteiger partial charge in [0.1, 0.15) is 5.75 Å². The summed E-state index contributed by atoms with van der Waals surface area (Å²) in [6, 6.07) is 18.5. The highest BCUT2D eigenvalue weighted by atomic mass is 35.5. The van der Waals surface area contributed by atoms with Gasteiger partial charge in [0.15, 0.2) is 0 Å². The van der Waals surface area contributed by atoms with Crippen LogP contribution in [0, 0.1) is 6.92 Å². The Hall–Kier alpha value is -2.68. The maximum absolute atomic E-state index is 12.8. The van der Waals surface area contributed by atoms with Crippen molar-refractivity contribution in [2.75, 3.05) is 17.1 Å². The van der Waals surface area contributed by atoms with Gasteiger partial charge in [0, 0.05) is 15.6 Å². The molecule has 168 valence electrons. The molecule has 0 spiro atoms. The second kappa shape index (κ2) is 10.3. The Kier molecular flexibility index (Phi) is 7.71. The fourth-order valence-electron chi connectivity index (χ4n) is 2.84. The Morgan fingerprint density at radius 1 is 1.03 bits per heavy atom. The fraction of sp³-hybridized carbons (Fsp3) is 0.174. The Bertz CT molecular complexity index is 1200. The number of nitrogens with one attached hydrogen (secondary N) is 2. The van der Waals surface area contributed by atoms with Gasteiger partial charge in [0.25, 0.3) is 10.0 Å². The summed E-state index contributed by atoms with van der Waals surface area (Å²) in [6.45, 7) is 3.66. The highest BCUT2D eigenvalue weighted by molar-refractivity contribution is 8.00. The first-order chi connectivity index (χ1) is 15.2. The van der Waals surface area contributed by atoms with Crippen LogP contribution in [0.1, 0.15) is 12.5 Å². The number of sulfonamides is 1. The number of anilines is 2. The number of ether oxygens (including phenoxy) is 1. The number of hydrogen-bond acceptors (Lipinski definition) is 5. The molecule has 0 aliphatic heterocycles. The molecular formula is C23H23ClN2O4S2. The zero-order valence-corrected chi connectivity index (χ0v) is 20.1. The molecule has 0 aliphatic rings. The highest BCUT2D eigenvalue weighted by Crippen LogP contribution is 2.29. The summed E-state index contributed by atoms with van der Waals surface area (Å²) in [4.78, 5) is 13.5. The summed E-state index contributed by atoms with van der Waals surface area (Å²) in [7, 11) is -2.35. The van der Waals surface area contributed by atoms with Crippen LogP contribution < -0.4 is 14.8 Å². The third-order valence-corrected chi connectivity index (χ3v) is 7.27. The third kappa shape index (κ3) is 6.18. The first-order valence-electron chi connectivity index (χ1n) is 9.68. The monoisotopic (exact) mass is 490 g/mol. The molecule has 0 saturated heterocycles. The van der Waals surface area contributed by atoms with Crippen LogP contribution in [0.15, 0.2) is 76.5 Å². The number of rotatable bonds is 8. The molecular weight excluding hydrogens is 468 g/mol. The number of amides is 1. The van der Waals surface area contributed by atoms with E-state index in [1.807, 2.05) is 25.1 Å². The molecule has 32 heavy (non-hydrogen) atoms. The summed E-state index contributed by atoms with van der Waals surface area (Å²) in [5.74, 6) is 0.235. The lowest BCUT2D eigenvalue weighted by atomic mass is 10.2. The van der Waals surface area contributed by atoms with E-state index in [4.69, 9.17) is 16.3 Å². The molecule has 0 radical (unpaired) electrons. The third-order valence-electron chi connectivity index (χ3n) is 4.53. The standard InChI is InChI=1S/C23H23ClN2O4S2/c1-15-4-13-22(30-3)21(14-15)26-32(28,29)20-11-7-18(8-12-20)25-23(27)16(2)31-19-9-5-17(24)6-10-19/h4-14,16,26H,1-3H3,(H,25,27)/t16-/m0/s1. The number of thioether (sulfide) groups is 1. The Labute approximate surface area is 197 Å². The second-order valence-electron chi connectivity index (χ2n) is 7.04. The van der Waals surface area contributed by atoms with Gasteiger partial charge in [-0.3, -0.25) is 9.52 Å². The van der Waals surface area contributed by atoms with E-state index in [-0.39, 0.29) is 16.1 Å². The van der Waals surface area contributed by atoms with Gasteiger partial charge < -0.3 is 10.1 Å². The molecule has 0 fully saturated rings. The molecule has 0 aliphatic carbocycles. The largest absolute Gasteiger partial charge is 0.495 e. The lowest BCUT2D eigenvalue weighted by molar-refractivity contribution is -0.115. The predicted octanol–water partition coefficient (Wildman–Crippen LogP) is 5.58. The lowest BCUT2D eigenvalue weighted by Crippen LogP contribution is -2.22. The van der Waals surface area contributed by atoms with Gasteiger partial charge in [0.05, 0.1) is 22.9 Å². The normalized spacial score (nSPS) is 12.1. The predicted molar refractivity (Wildman–Crippen MR) is 130 cm³/mol. The molecule has 1 amide bonds. The van der Waals surface area contributed by atoms with Crippen LogP contribution in [-0.4, -0.2) is 26.7 Å². The van der Waals surface area contributed by atoms with Crippen molar-refractivity contribution >= 4 is 50.7 Å². The van der Waals surface area contributed by atoms with Crippen molar-refractivity contribution in [2.45, 2.75) is 28.9 Å². The summed E-state index contributed by atoms with van der Waals surface area (Å²) in [6.07, 6.45) is 0. The van der Waals surface area contributed by atoms with Gasteiger partial charge in [-0.15, -0.1) is 11.8 Å². The van der Waals surface area contributed by atoms with Crippen molar-refractivity contribution in [3.63, 3.8) is 0 Å². The Morgan fingerprint density at radius 2 is 1.69 bits per heavy atom. The zero-order chi connectivity index (χ0) is 23.3. The van der Waals surface area contributed by atoms with Gasteiger partial charge in [-0.1, -0.05) is 17.7 Å². The first kappa shape index (κ1) is 24.0. The molecule has 0 unspecified atom stereocenters. The molecule has 3 aromatic carbocycles. The van der Waals surface area contributed by atoms with Crippen LogP contribution in [-0.2, 0) is 14.8 Å². The van der Waals surface area contributed by atoms with Crippen LogP contribution in [0.4, 0.5) is 11.4 Å². The molecule has 2 N–H and O–H groups in total. The van der Waals surface area contributed by atoms with Crippen molar-refractivity contribution in [1.82, 2.24) is 0 Å². The number of carbonyl (C=O) groups excluding carboxylic acids is 1. The Morgan fingerprint density at radius 3 is 2.31 bits per heavy atom. The summed E-state index contributed by atoms with van der Waals surface area (Å²) in [5, 5.41) is 3.09. The maximum Gasteiger partial charge on any atom is 0.262 e. The van der Waals surface area contributed by atoms with Crippen molar-refractivity contribution < 1.29 is 17.9 Å². The number of carbonyl (C=O) groups is 1. The van der Waals surface area contributed by atoms with Crippen LogP contribution in [0.2, 0.25) is 5.02 Å². The number of benzene rings is 3. The van der Waals surface area contributed by atoms with Crippen molar-refractivity contribution in [3.05, 3.63) is 77.3 Å². The van der Waals surface area contributed by atoms with Crippen LogP contribution in [0.3, 0.4) is 0 Å². The first-order valence-corrected chi connectivity index (χ1v) is 12.4. The highest BCUT2D eigenvalue weighted by Gasteiger charge is 2.18. The average molecular weight is 491 g/mol. The van der Waals surface area contributed by atoms with E-state index < -0.39 is 10.0 Å². The molecule has 3 aromatic rings. The van der Waals surface area contributed by atoms with E-state index in [9.17, 15) is 13.2 Å². The molecule has 0 heterocycles. The number of hydrogen-bond donors (Lipinski definition) is 2. The van der Waals surface area contributed by atoms with Gasteiger partial charge in [-0.05, 0) is 80.1 Å². The topological polar surface area (TPSA) is 84.5 Å². The van der Waals surface area contributed by atoms with Crippen molar-refractivity contribution in [1.29, 1.82) is 0 Å². The van der Waals surface area contributed by atoms with Crippen LogP contribution in [0.5, 0.6) is 5.75 Å². The molecule has 9 heteroatoms. The second-order valence-corrected chi connectivity index (χ2v) is 10.6. The van der Waals surface area contributed by atoms with Gasteiger partial charge >= 0.3 is 0 Å². The minimum absolute atomic E-state index is 0.0719. The van der Waals surface area contributed by atoms with Crippen molar-refractivity contribution in [2.24, 2.45) is 0 Å². The van der Waals surface area contributed by atoms with Gasteiger partial charge in [-0.2, -0.15) is 0 Å². The zero-order valence-electron chi connectivity index (χ0n) is 17.8. The number of halogens is 1. The van der Waals surface area contributed by atoms with Crippen molar-refractivity contribution in [3.8, 4) is 5.75 Å². The van der Waals surface area contributed by atoms with E-state index in [1.165, 1.54) is 31.0 Å².